The van der Waals surface area contributed by atoms with Crippen molar-refractivity contribution >= 4 is 0 Å². The maximum absolute atomic E-state index is 8.70. The molecular formula is C4H10N2O2. The lowest BCUT2D eigenvalue weighted by molar-refractivity contribution is -0.0854. The van der Waals surface area contributed by atoms with E-state index in [0.29, 0.717) is 0 Å². The van der Waals surface area contributed by atoms with Crippen LogP contribution in [0.1, 0.15) is 0 Å². The molecule has 1 saturated carbocycles. The first kappa shape index (κ1) is 5.97. The minimum atomic E-state index is -0.815. The van der Waals surface area contributed by atoms with E-state index in [1.54, 1.807) is 0 Å². The summed E-state index contributed by atoms with van der Waals surface area (Å²) < 4.78 is 0. The second-order valence-electron chi connectivity index (χ2n) is 2.14. The van der Waals surface area contributed by atoms with E-state index in [1.165, 1.54) is 0 Å². The lowest BCUT2D eigenvalue weighted by Crippen LogP contribution is -2.71. The van der Waals surface area contributed by atoms with Gasteiger partial charge in [0.05, 0.1) is 24.3 Å². The molecule has 0 aromatic carbocycles. The van der Waals surface area contributed by atoms with Crippen molar-refractivity contribution < 1.29 is 10.2 Å². The summed E-state index contributed by atoms with van der Waals surface area (Å²) in [4.78, 5) is 0. The number of hydrogen-bond acceptors (Lipinski definition) is 4. The number of aliphatic hydroxyl groups excluding tert-OH is 2. The van der Waals surface area contributed by atoms with E-state index in [9.17, 15) is 0 Å². The molecule has 4 nitrogen and oxygen atoms in total. The zero-order chi connectivity index (χ0) is 6.31. The van der Waals surface area contributed by atoms with Crippen molar-refractivity contribution in [2.75, 3.05) is 0 Å². The Morgan fingerprint density at radius 3 is 1.25 bits per heavy atom. The van der Waals surface area contributed by atoms with Gasteiger partial charge in [0.15, 0.2) is 0 Å². The van der Waals surface area contributed by atoms with Crippen LogP contribution in [0, 0.1) is 0 Å². The Hall–Kier alpha value is -0.160. The number of nitrogens with two attached hydrogens (primary N) is 2. The van der Waals surface area contributed by atoms with Crippen LogP contribution in [-0.4, -0.2) is 34.5 Å². The Labute approximate surface area is 47.1 Å². The normalized spacial score (nSPS) is 55.5. The van der Waals surface area contributed by atoms with E-state index in [1.807, 2.05) is 0 Å². The zero-order valence-electron chi connectivity index (χ0n) is 4.36. The lowest BCUT2D eigenvalue weighted by atomic mass is 9.81. The van der Waals surface area contributed by atoms with Crippen molar-refractivity contribution in [2.24, 2.45) is 11.5 Å². The highest BCUT2D eigenvalue weighted by Crippen LogP contribution is 2.16. The van der Waals surface area contributed by atoms with E-state index in [0.717, 1.165) is 0 Å². The molecule has 4 atom stereocenters. The maximum Gasteiger partial charge on any atom is 0.0981 e. The van der Waals surface area contributed by atoms with Gasteiger partial charge in [0.25, 0.3) is 0 Å². The fourth-order valence-electron chi connectivity index (χ4n) is 0.765. The molecule has 4 unspecified atom stereocenters. The van der Waals surface area contributed by atoms with Crippen molar-refractivity contribution in [3.63, 3.8) is 0 Å². The van der Waals surface area contributed by atoms with Crippen LogP contribution in [-0.2, 0) is 0 Å². The smallest absolute Gasteiger partial charge is 0.0981 e. The Morgan fingerprint density at radius 2 is 1.12 bits per heavy atom. The Kier molecular flexibility index (Phi) is 1.24. The topological polar surface area (TPSA) is 92.5 Å². The largest absolute Gasteiger partial charge is 0.389 e. The molecule has 4 heteroatoms. The lowest BCUT2D eigenvalue weighted by Gasteiger charge is -2.41. The van der Waals surface area contributed by atoms with Crippen LogP contribution in [0.25, 0.3) is 0 Å². The molecule has 0 heterocycles. The fraction of sp³-hybridized carbons (Fsp3) is 1.00. The molecule has 0 radical (unpaired) electrons. The first-order valence-corrected chi connectivity index (χ1v) is 2.52. The molecule has 1 rings (SSSR count). The van der Waals surface area contributed by atoms with E-state index >= 15 is 0 Å². The standard InChI is InChI=1S/C4H10N2O2/c5-1-2(6)4(8)3(1)7/h1-4,7-8H,5-6H2. The maximum atomic E-state index is 8.70. The third-order valence-corrected chi connectivity index (χ3v) is 1.58. The van der Waals surface area contributed by atoms with E-state index < -0.39 is 24.3 Å². The molecule has 0 saturated heterocycles. The van der Waals surface area contributed by atoms with Gasteiger partial charge in [-0.3, -0.25) is 0 Å². The summed E-state index contributed by atoms with van der Waals surface area (Å²) in [5.41, 5.74) is 10.4. The minimum absolute atomic E-state index is 0.440. The molecule has 1 aliphatic carbocycles. The molecule has 1 fully saturated rings. The Bertz CT molecular complexity index is 66.0. The monoisotopic (exact) mass is 118 g/mol. The molecular weight excluding hydrogens is 108 g/mol. The van der Waals surface area contributed by atoms with Crippen LogP contribution >= 0.6 is 0 Å². The van der Waals surface area contributed by atoms with Gasteiger partial charge in [-0.25, -0.2) is 0 Å². The molecule has 0 aliphatic heterocycles. The van der Waals surface area contributed by atoms with Gasteiger partial charge in [-0.05, 0) is 0 Å². The van der Waals surface area contributed by atoms with Gasteiger partial charge in [0.2, 0.25) is 0 Å². The minimum Gasteiger partial charge on any atom is -0.389 e. The van der Waals surface area contributed by atoms with Crippen LogP contribution in [0.4, 0.5) is 0 Å². The Balaban J connectivity index is 2.42. The molecule has 0 aromatic rings. The van der Waals surface area contributed by atoms with Gasteiger partial charge in [-0.1, -0.05) is 0 Å². The van der Waals surface area contributed by atoms with Crippen LogP contribution < -0.4 is 11.5 Å². The van der Waals surface area contributed by atoms with Crippen LogP contribution in [0.5, 0.6) is 0 Å². The summed E-state index contributed by atoms with van der Waals surface area (Å²) in [5, 5.41) is 17.4. The first-order chi connectivity index (χ1) is 3.64. The second-order valence-corrected chi connectivity index (χ2v) is 2.14. The highest BCUT2D eigenvalue weighted by Gasteiger charge is 2.44. The second kappa shape index (κ2) is 1.66. The summed E-state index contributed by atoms with van der Waals surface area (Å²) in [6.07, 6.45) is -1.63. The summed E-state index contributed by atoms with van der Waals surface area (Å²) >= 11 is 0. The third kappa shape index (κ3) is 0.545. The van der Waals surface area contributed by atoms with Crippen molar-refractivity contribution in [2.45, 2.75) is 24.3 Å². The van der Waals surface area contributed by atoms with Crippen LogP contribution in [0.2, 0.25) is 0 Å². The third-order valence-electron chi connectivity index (χ3n) is 1.58. The summed E-state index contributed by atoms with van der Waals surface area (Å²) in [7, 11) is 0. The van der Waals surface area contributed by atoms with E-state index in [2.05, 4.69) is 0 Å². The fourth-order valence-corrected chi connectivity index (χ4v) is 0.765. The SMILES string of the molecule is NC1C(N)C(O)C1O. The molecule has 1 aliphatic rings. The summed E-state index contributed by atoms with van der Waals surface area (Å²) in [5.74, 6) is 0. The van der Waals surface area contributed by atoms with E-state index in [-0.39, 0.29) is 0 Å². The summed E-state index contributed by atoms with van der Waals surface area (Å²) in [6.45, 7) is 0. The predicted octanol–water partition coefficient (Wildman–Crippen LogP) is -2.62. The van der Waals surface area contributed by atoms with Crippen molar-refractivity contribution in [3.05, 3.63) is 0 Å². The van der Waals surface area contributed by atoms with Gasteiger partial charge in [0, 0.05) is 0 Å². The first-order valence-electron chi connectivity index (χ1n) is 2.52. The molecule has 8 heavy (non-hydrogen) atoms. The number of hydrogen-bond donors (Lipinski definition) is 4. The molecule has 6 N–H and O–H groups in total. The van der Waals surface area contributed by atoms with Gasteiger partial charge >= 0.3 is 0 Å². The van der Waals surface area contributed by atoms with Crippen LogP contribution in [0.15, 0.2) is 0 Å². The van der Waals surface area contributed by atoms with Crippen molar-refractivity contribution in [1.82, 2.24) is 0 Å². The van der Waals surface area contributed by atoms with Gasteiger partial charge in [-0.2, -0.15) is 0 Å². The van der Waals surface area contributed by atoms with E-state index in [4.69, 9.17) is 21.7 Å². The highest BCUT2D eigenvalue weighted by molar-refractivity contribution is 5.04. The predicted molar refractivity (Wildman–Crippen MR) is 28.0 cm³/mol. The van der Waals surface area contributed by atoms with Gasteiger partial charge in [-0.15, -0.1) is 0 Å². The Morgan fingerprint density at radius 1 is 0.875 bits per heavy atom. The van der Waals surface area contributed by atoms with Crippen molar-refractivity contribution in [1.29, 1.82) is 0 Å². The quantitative estimate of drug-likeness (QED) is 0.280. The molecule has 48 valence electrons. The molecule has 0 aromatic heterocycles. The number of aliphatic hydroxyl groups is 2. The average Bonchev–Trinajstić information content (AvgIpc) is 1.83. The molecule has 0 spiro atoms. The van der Waals surface area contributed by atoms with Gasteiger partial charge < -0.3 is 21.7 Å². The van der Waals surface area contributed by atoms with Gasteiger partial charge in [0.1, 0.15) is 0 Å². The zero-order valence-corrected chi connectivity index (χ0v) is 4.36. The molecule has 0 bridgehead atoms. The molecule has 0 amide bonds. The average molecular weight is 118 g/mol. The van der Waals surface area contributed by atoms with Crippen LogP contribution in [0.3, 0.4) is 0 Å². The summed E-state index contributed by atoms with van der Waals surface area (Å²) in [6, 6.07) is -0.880. The van der Waals surface area contributed by atoms with Crippen molar-refractivity contribution in [3.8, 4) is 0 Å². The highest BCUT2D eigenvalue weighted by atomic mass is 16.3. The number of rotatable bonds is 0.